The Kier molecular flexibility index (Phi) is 3.62. The number of hydrogen-bond donors (Lipinski definition) is 2. The first-order valence-electron chi connectivity index (χ1n) is 5.76. The molecule has 0 amide bonds. The molecule has 94 valence electrons. The van der Waals surface area contributed by atoms with Crippen molar-refractivity contribution in [1.29, 1.82) is 0 Å². The normalized spacial score (nSPS) is 11.7. The minimum atomic E-state index is -0.000596. The second-order valence-electron chi connectivity index (χ2n) is 3.85. The van der Waals surface area contributed by atoms with Crippen LogP contribution in [0.2, 0.25) is 0 Å². The standard InChI is InChI=1S/C13H15N3O2/c1-2-7-18-12-9-5-3-4-6-11(9)15-8-10(12)13(14)16-17/h3-6,8,17H,2,7H2,1H3,(H2,14,16). The molecule has 0 saturated heterocycles. The van der Waals surface area contributed by atoms with Gasteiger partial charge in [-0.05, 0) is 18.6 Å². The lowest BCUT2D eigenvalue weighted by Gasteiger charge is -2.12. The van der Waals surface area contributed by atoms with E-state index in [9.17, 15) is 0 Å². The van der Waals surface area contributed by atoms with E-state index in [0.717, 1.165) is 17.3 Å². The fourth-order valence-electron chi connectivity index (χ4n) is 1.71. The average molecular weight is 245 g/mol. The highest BCUT2D eigenvalue weighted by Gasteiger charge is 2.13. The van der Waals surface area contributed by atoms with Gasteiger partial charge < -0.3 is 15.7 Å². The molecule has 0 aliphatic carbocycles. The number of para-hydroxylation sites is 1. The van der Waals surface area contributed by atoms with Gasteiger partial charge in [-0.15, -0.1) is 0 Å². The minimum absolute atomic E-state index is 0.000596. The third-order valence-electron chi connectivity index (χ3n) is 2.56. The molecule has 0 radical (unpaired) electrons. The Balaban J connectivity index is 2.63. The van der Waals surface area contributed by atoms with Crippen LogP contribution < -0.4 is 10.5 Å². The number of nitrogens with two attached hydrogens (primary N) is 1. The first-order chi connectivity index (χ1) is 8.77. The number of ether oxygens (including phenoxy) is 1. The summed E-state index contributed by atoms with van der Waals surface area (Å²) < 4.78 is 5.71. The maximum atomic E-state index is 8.79. The van der Waals surface area contributed by atoms with Crippen molar-refractivity contribution in [3.8, 4) is 5.75 Å². The molecule has 2 aromatic rings. The molecule has 0 atom stereocenters. The lowest BCUT2D eigenvalue weighted by atomic mass is 10.1. The van der Waals surface area contributed by atoms with E-state index in [1.807, 2.05) is 31.2 Å². The number of oxime groups is 1. The van der Waals surface area contributed by atoms with Crippen molar-refractivity contribution in [3.63, 3.8) is 0 Å². The molecule has 18 heavy (non-hydrogen) atoms. The molecule has 0 bridgehead atoms. The Bertz CT molecular complexity index is 581. The van der Waals surface area contributed by atoms with Gasteiger partial charge in [-0.3, -0.25) is 4.98 Å². The van der Waals surface area contributed by atoms with Crippen molar-refractivity contribution >= 4 is 16.7 Å². The van der Waals surface area contributed by atoms with Gasteiger partial charge in [-0.25, -0.2) is 0 Å². The smallest absolute Gasteiger partial charge is 0.175 e. The first kappa shape index (κ1) is 12.2. The quantitative estimate of drug-likeness (QED) is 0.374. The fourth-order valence-corrected chi connectivity index (χ4v) is 1.71. The van der Waals surface area contributed by atoms with Crippen molar-refractivity contribution in [1.82, 2.24) is 4.98 Å². The highest BCUT2D eigenvalue weighted by molar-refractivity contribution is 6.04. The third-order valence-corrected chi connectivity index (χ3v) is 2.56. The molecule has 0 spiro atoms. The Morgan fingerprint density at radius 1 is 1.44 bits per heavy atom. The predicted octanol–water partition coefficient (Wildman–Crippen LogP) is 2.12. The van der Waals surface area contributed by atoms with Crippen LogP contribution in [0.4, 0.5) is 0 Å². The van der Waals surface area contributed by atoms with Gasteiger partial charge in [0.1, 0.15) is 5.75 Å². The number of fused-ring (bicyclic) bond motifs is 1. The highest BCUT2D eigenvalue weighted by atomic mass is 16.5. The number of rotatable bonds is 4. The SMILES string of the molecule is CCCOc1c(/C(N)=N/O)cnc2ccccc12. The van der Waals surface area contributed by atoms with E-state index < -0.39 is 0 Å². The van der Waals surface area contributed by atoms with Crippen LogP contribution in [0.25, 0.3) is 10.9 Å². The monoisotopic (exact) mass is 245 g/mol. The molecule has 1 aromatic heterocycles. The molecule has 3 N–H and O–H groups in total. The molecule has 0 unspecified atom stereocenters. The van der Waals surface area contributed by atoms with Crippen molar-refractivity contribution in [2.24, 2.45) is 10.9 Å². The summed E-state index contributed by atoms with van der Waals surface area (Å²) in [5.74, 6) is 0.608. The van der Waals surface area contributed by atoms with Crippen molar-refractivity contribution < 1.29 is 9.94 Å². The van der Waals surface area contributed by atoms with Crippen LogP contribution >= 0.6 is 0 Å². The minimum Gasteiger partial charge on any atom is -0.492 e. The van der Waals surface area contributed by atoms with Gasteiger partial charge in [-0.1, -0.05) is 24.2 Å². The number of hydrogen-bond acceptors (Lipinski definition) is 4. The van der Waals surface area contributed by atoms with Gasteiger partial charge in [0.25, 0.3) is 0 Å². The number of benzene rings is 1. The third kappa shape index (κ3) is 2.20. The highest BCUT2D eigenvalue weighted by Crippen LogP contribution is 2.28. The number of aromatic nitrogens is 1. The van der Waals surface area contributed by atoms with Crippen molar-refractivity contribution in [2.75, 3.05) is 6.61 Å². The molecule has 0 aliphatic rings. The summed E-state index contributed by atoms with van der Waals surface area (Å²) in [4.78, 5) is 4.27. The van der Waals surface area contributed by atoms with Crippen LogP contribution in [0.5, 0.6) is 5.75 Å². The Morgan fingerprint density at radius 3 is 2.94 bits per heavy atom. The molecule has 2 rings (SSSR count). The van der Waals surface area contributed by atoms with Gasteiger partial charge in [-0.2, -0.15) is 0 Å². The van der Waals surface area contributed by atoms with E-state index in [-0.39, 0.29) is 5.84 Å². The molecule has 0 aliphatic heterocycles. The molecule has 0 fully saturated rings. The van der Waals surface area contributed by atoms with Crippen LogP contribution in [0, 0.1) is 0 Å². The fraction of sp³-hybridized carbons (Fsp3) is 0.231. The Labute approximate surface area is 105 Å². The van der Waals surface area contributed by atoms with E-state index in [1.165, 1.54) is 0 Å². The predicted molar refractivity (Wildman–Crippen MR) is 70.0 cm³/mol. The van der Waals surface area contributed by atoms with Crippen LogP contribution in [-0.2, 0) is 0 Å². The maximum absolute atomic E-state index is 8.79. The molecular weight excluding hydrogens is 230 g/mol. The van der Waals surface area contributed by atoms with Gasteiger partial charge in [0.15, 0.2) is 5.84 Å². The van der Waals surface area contributed by atoms with Crippen molar-refractivity contribution in [3.05, 3.63) is 36.0 Å². The zero-order valence-corrected chi connectivity index (χ0v) is 10.1. The van der Waals surface area contributed by atoms with Gasteiger partial charge in [0.05, 0.1) is 17.7 Å². The van der Waals surface area contributed by atoms with Gasteiger partial charge in [0.2, 0.25) is 0 Å². The van der Waals surface area contributed by atoms with Crippen LogP contribution in [0.3, 0.4) is 0 Å². The topological polar surface area (TPSA) is 80.7 Å². The van der Waals surface area contributed by atoms with Crippen LogP contribution in [0.15, 0.2) is 35.6 Å². The van der Waals surface area contributed by atoms with E-state index in [1.54, 1.807) is 6.20 Å². The van der Waals surface area contributed by atoms with Crippen molar-refractivity contribution in [2.45, 2.75) is 13.3 Å². The Morgan fingerprint density at radius 2 is 2.22 bits per heavy atom. The zero-order valence-electron chi connectivity index (χ0n) is 10.1. The second kappa shape index (κ2) is 5.35. The van der Waals surface area contributed by atoms with Crippen LogP contribution in [-0.4, -0.2) is 22.6 Å². The number of nitrogens with zero attached hydrogens (tertiary/aromatic N) is 2. The van der Waals surface area contributed by atoms with Gasteiger partial charge >= 0.3 is 0 Å². The van der Waals surface area contributed by atoms with E-state index in [2.05, 4.69) is 10.1 Å². The lowest BCUT2D eigenvalue weighted by Crippen LogP contribution is -2.15. The summed E-state index contributed by atoms with van der Waals surface area (Å²) >= 11 is 0. The summed E-state index contributed by atoms with van der Waals surface area (Å²) in [5, 5.41) is 12.7. The molecule has 1 aromatic carbocycles. The molecular formula is C13H15N3O2. The Hall–Kier alpha value is -2.30. The van der Waals surface area contributed by atoms with E-state index >= 15 is 0 Å². The summed E-state index contributed by atoms with van der Waals surface area (Å²) in [6.07, 6.45) is 2.44. The van der Waals surface area contributed by atoms with Gasteiger partial charge in [0, 0.05) is 11.6 Å². The summed E-state index contributed by atoms with van der Waals surface area (Å²) in [5.41, 5.74) is 6.96. The molecule has 1 heterocycles. The largest absolute Gasteiger partial charge is 0.492 e. The summed E-state index contributed by atoms with van der Waals surface area (Å²) in [6.45, 7) is 2.59. The molecule has 5 nitrogen and oxygen atoms in total. The van der Waals surface area contributed by atoms with Crippen LogP contribution in [0.1, 0.15) is 18.9 Å². The number of amidine groups is 1. The zero-order chi connectivity index (χ0) is 13.0. The average Bonchev–Trinajstić information content (AvgIpc) is 2.43. The first-order valence-corrected chi connectivity index (χ1v) is 5.76. The van der Waals surface area contributed by atoms with E-state index in [0.29, 0.717) is 17.9 Å². The molecule has 5 heteroatoms. The lowest BCUT2D eigenvalue weighted by molar-refractivity contribution is 0.313. The second-order valence-corrected chi connectivity index (χ2v) is 3.85. The molecule has 0 saturated carbocycles. The van der Waals surface area contributed by atoms with E-state index in [4.69, 9.17) is 15.7 Å². The maximum Gasteiger partial charge on any atom is 0.175 e. The summed E-state index contributed by atoms with van der Waals surface area (Å²) in [7, 11) is 0. The summed E-state index contributed by atoms with van der Waals surface area (Å²) in [6, 6.07) is 7.60. The number of pyridine rings is 1.